The van der Waals surface area contributed by atoms with E-state index < -0.39 is 0 Å². The Labute approximate surface area is 80.2 Å². The fourth-order valence-electron chi connectivity index (χ4n) is 2.05. The van der Waals surface area contributed by atoms with E-state index in [-0.39, 0.29) is 0 Å². The summed E-state index contributed by atoms with van der Waals surface area (Å²) in [4.78, 5) is 0. The van der Waals surface area contributed by atoms with Crippen molar-refractivity contribution < 1.29 is 0 Å². The van der Waals surface area contributed by atoms with Gasteiger partial charge in [-0.1, -0.05) is 37.3 Å². The first-order valence-electron chi connectivity index (χ1n) is 5.14. The summed E-state index contributed by atoms with van der Waals surface area (Å²) >= 11 is 0. The third-order valence-electron chi connectivity index (χ3n) is 2.87. The molecule has 0 spiro atoms. The molecule has 0 aromatic heterocycles. The second-order valence-electron chi connectivity index (χ2n) is 4.05. The van der Waals surface area contributed by atoms with E-state index in [0.717, 1.165) is 5.92 Å². The summed E-state index contributed by atoms with van der Waals surface area (Å²) in [7, 11) is 0. The fourth-order valence-corrected chi connectivity index (χ4v) is 2.05. The Bertz CT molecular complexity index is 255. The lowest BCUT2D eigenvalue weighted by Crippen LogP contribution is -2.30. The van der Waals surface area contributed by atoms with Crippen LogP contribution in [0, 0.1) is 5.92 Å². The van der Waals surface area contributed by atoms with E-state index in [4.69, 9.17) is 0 Å². The van der Waals surface area contributed by atoms with Crippen LogP contribution in [0.3, 0.4) is 0 Å². The summed E-state index contributed by atoms with van der Waals surface area (Å²) in [6.07, 6.45) is 2.60. The van der Waals surface area contributed by atoms with E-state index in [1.54, 1.807) is 0 Å². The van der Waals surface area contributed by atoms with Crippen molar-refractivity contribution in [2.45, 2.75) is 25.8 Å². The van der Waals surface area contributed by atoms with Gasteiger partial charge < -0.3 is 5.32 Å². The van der Waals surface area contributed by atoms with Gasteiger partial charge in [-0.05, 0) is 30.9 Å². The van der Waals surface area contributed by atoms with E-state index >= 15 is 0 Å². The predicted octanol–water partition coefficient (Wildman–Crippen LogP) is 2.75. The van der Waals surface area contributed by atoms with Crippen molar-refractivity contribution in [1.29, 1.82) is 0 Å². The van der Waals surface area contributed by atoms with E-state index in [2.05, 4.69) is 42.6 Å². The number of benzene rings is 1. The van der Waals surface area contributed by atoms with Gasteiger partial charge in [-0.25, -0.2) is 0 Å². The molecule has 1 fully saturated rings. The molecule has 1 saturated heterocycles. The van der Waals surface area contributed by atoms with E-state index in [0.29, 0.717) is 6.04 Å². The van der Waals surface area contributed by atoms with E-state index in [1.807, 2.05) is 0 Å². The molecule has 13 heavy (non-hydrogen) atoms. The molecule has 0 radical (unpaired) electrons. The predicted molar refractivity (Wildman–Crippen MR) is 55.6 cm³/mol. The molecule has 0 amide bonds. The minimum Gasteiger partial charge on any atom is -0.310 e. The van der Waals surface area contributed by atoms with Gasteiger partial charge in [0.1, 0.15) is 0 Å². The molecule has 1 nitrogen and oxygen atoms in total. The molecule has 1 heteroatoms. The quantitative estimate of drug-likeness (QED) is 0.692. The molecular weight excluding hydrogens is 158 g/mol. The van der Waals surface area contributed by atoms with Crippen LogP contribution in [0.1, 0.15) is 31.4 Å². The Morgan fingerprint density at radius 3 is 2.69 bits per heavy atom. The van der Waals surface area contributed by atoms with Crippen molar-refractivity contribution in [2.75, 3.05) is 6.54 Å². The molecule has 1 heterocycles. The number of piperidine rings is 1. The molecule has 1 aromatic carbocycles. The zero-order chi connectivity index (χ0) is 9.10. The van der Waals surface area contributed by atoms with Crippen molar-refractivity contribution in [3.05, 3.63) is 35.9 Å². The summed E-state index contributed by atoms with van der Waals surface area (Å²) < 4.78 is 0. The van der Waals surface area contributed by atoms with Crippen LogP contribution >= 0.6 is 0 Å². The van der Waals surface area contributed by atoms with Gasteiger partial charge in [-0.3, -0.25) is 0 Å². The summed E-state index contributed by atoms with van der Waals surface area (Å²) in [5.41, 5.74) is 1.44. The van der Waals surface area contributed by atoms with Gasteiger partial charge in [0, 0.05) is 6.04 Å². The van der Waals surface area contributed by atoms with Crippen LogP contribution in [-0.4, -0.2) is 6.54 Å². The maximum Gasteiger partial charge on any atom is 0.0322 e. The van der Waals surface area contributed by atoms with E-state index in [9.17, 15) is 0 Å². The average Bonchev–Trinajstić information content (AvgIpc) is 2.19. The second kappa shape index (κ2) is 3.93. The third-order valence-corrected chi connectivity index (χ3v) is 2.87. The first-order valence-corrected chi connectivity index (χ1v) is 5.14. The van der Waals surface area contributed by atoms with Gasteiger partial charge in [0.2, 0.25) is 0 Å². The van der Waals surface area contributed by atoms with Crippen molar-refractivity contribution >= 4 is 0 Å². The molecule has 0 bridgehead atoms. The summed E-state index contributed by atoms with van der Waals surface area (Å²) in [6, 6.07) is 11.3. The molecule has 2 rings (SSSR count). The van der Waals surface area contributed by atoms with Crippen molar-refractivity contribution in [3.8, 4) is 0 Å². The second-order valence-corrected chi connectivity index (χ2v) is 4.05. The maximum atomic E-state index is 3.57. The highest BCUT2D eigenvalue weighted by molar-refractivity contribution is 5.19. The SMILES string of the molecule is C[C@@H]1CCN[C@H](c2ccccc2)C1. The minimum atomic E-state index is 0.588. The summed E-state index contributed by atoms with van der Waals surface area (Å²) in [5, 5.41) is 3.57. The van der Waals surface area contributed by atoms with Crippen molar-refractivity contribution in [3.63, 3.8) is 0 Å². The highest BCUT2D eigenvalue weighted by atomic mass is 14.9. The summed E-state index contributed by atoms with van der Waals surface area (Å²) in [5.74, 6) is 0.867. The number of rotatable bonds is 1. The first-order chi connectivity index (χ1) is 6.36. The maximum absolute atomic E-state index is 3.57. The molecule has 70 valence electrons. The van der Waals surface area contributed by atoms with Crippen LogP contribution in [0.5, 0.6) is 0 Å². The highest BCUT2D eigenvalue weighted by Gasteiger charge is 2.18. The molecule has 1 aliphatic rings. The average molecular weight is 175 g/mol. The molecule has 0 saturated carbocycles. The summed E-state index contributed by atoms with van der Waals surface area (Å²) in [6.45, 7) is 3.51. The Kier molecular flexibility index (Phi) is 2.65. The molecular formula is C12H17N. The molecule has 1 N–H and O–H groups in total. The van der Waals surface area contributed by atoms with Gasteiger partial charge in [-0.15, -0.1) is 0 Å². The minimum absolute atomic E-state index is 0.588. The van der Waals surface area contributed by atoms with Crippen LogP contribution in [-0.2, 0) is 0 Å². The Morgan fingerprint density at radius 2 is 2.00 bits per heavy atom. The molecule has 0 unspecified atom stereocenters. The zero-order valence-electron chi connectivity index (χ0n) is 8.16. The van der Waals surface area contributed by atoms with Crippen LogP contribution < -0.4 is 5.32 Å². The monoisotopic (exact) mass is 175 g/mol. The number of hydrogen-bond acceptors (Lipinski definition) is 1. The van der Waals surface area contributed by atoms with Gasteiger partial charge in [0.25, 0.3) is 0 Å². The van der Waals surface area contributed by atoms with Gasteiger partial charge >= 0.3 is 0 Å². The highest BCUT2D eigenvalue weighted by Crippen LogP contribution is 2.26. The standard InChI is InChI=1S/C12H17N/c1-10-7-8-13-12(9-10)11-5-3-2-4-6-11/h2-6,10,12-13H,7-9H2,1H3/t10-,12+/m1/s1. The number of hydrogen-bond donors (Lipinski definition) is 1. The number of nitrogens with one attached hydrogen (secondary N) is 1. The molecule has 1 aliphatic heterocycles. The van der Waals surface area contributed by atoms with Gasteiger partial charge in [0.15, 0.2) is 0 Å². The fraction of sp³-hybridized carbons (Fsp3) is 0.500. The zero-order valence-corrected chi connectivity index (χ0v) is 8.16. The lowest BCUT2D eigenvalue weighted by molar-refractivity contribution is 0.325. The lowest BCUT2D eigenvalue weighted by atomic mass is 9.90. The normalized spacial score (nSPS) is 28.7. The van der Waals surface area contributed by atoms with Crippen LogP contribution in [0.2, 0.25) is 0 Å². The van der Waals surface area contributed by atoms with E-state index in [1.165, 1.54) is 24.9 Å². The molecule has 0 aliphatic carbocycles. The first kappa shape index (κ1) is 8.76. The van der Waals surface area contributed by atoms with Gasteiger partial charge in [-0.2, -0.15) is 0 Å². The van der Waals surface area contributed by atoms with Crippen molar-refractivity contribution in [1.82, 2.24) is 5.32 Å². The van der Waals surface area contributed by atoms with Gasteiger partial charge in [0.05, 0.1) is 0 Å². The smallest absolute Gasteiger partial charge is 0.0322 e. The van der Waals surface area contributed by atoms with Crippen LogP contribution in [0.25, 0.3) is 0 Å². The third kappa shape index (κ3) is 2.10. The molecule has 1 aromatic rings. The topological polar surface area (TPSA) is 12.0 Å². The Morgan fingerprint density at radius 1 is 1.23 bits per heavy atom. The van der Waals surface area contributed by atoms with Crippen LogP contribution in [0.15, 0.2) is 30.3 Å². The van der Waals surface area contributed by atoms with Crippen LogP contribution in [0.4, 0.5) is 0 Å². The van der Waals surface area contributed by atoms with Crippen molar-refractivity contribution in [2.24, 2.45) is 5.92 Å². The largest absolute Gasteiger partial charge is 0.310 e. The molecule has 2 atom stereocenters. The Balaban J connectivity index is 2.08. The lowest BCUT2D eigenvalue weighted by Gasteiger charge is -2.28. The Hall–Kier alpha value is -0.820.